The third-order valence-electron chi connectivity index (χ3n) is 2.57. The molecule has 16 heavy (non-hydrogen) atoms. The molecule has 0 aliphatic carbocycles. The molecule has 0 bridgehead atoms. The van der Waals surface area contributed by atoms with Gasteiger partial charge in [-0.25, -0.2) is 4.39 Å². The molecule has 2 nitrogen and oxygen atoms in total. The summed E-state index contributed by atoms with van der Waals surface area (Å²) in [5, 5.41) is 12.1. The fraction of sp³-hybridized carbons (Fsp3) is 0.417. The SMILES string of the molecule is CNC(c1cc(Br)ccc1F)C(C)(C)C#N. The standard InChI is InChI=1S/C12H14BrFN2/c1-12(2,7-15)11(16-3)9-6-8(13)4-5-10(9)14/h4-6,11,16H,1-3H3. The molecular formula is C12H14BrFN2. The van der Waals surface area contributed by atoms with Gasteiger partial charge in [0.15, 0.2) is 0 Å². The van der Waals surface area contributed by atoms with E-state index in [0.717, 1.165) is 4.47 Å². The molecule has 1 atom stereocenters. The maximum absolute atomic E-state index is 13.7. The minimum Gasteiger partial charge on any atom is -0.312 e. The van der Waals surface area contributed by atoms with Crippen molar-refractivity contribution in [1.29, 1.82) is 5.26 Å². The first kappa shape index (κ1) is 13.1. The molecule has 0 spiro atoms. The molecule has 0 fully saturated rings. The zero-order valence-corrected chi connectivity index (χ0v) is 11.1. The number of benzene rings is 1. The van der Waals surface area contributed by atoms with Gasteiger partial charge in [0.2, 0.25) is 0 Å². The second kappa shape index (κ2) is 4.94. The summed E-state index contributed by atoms with van der Waals surface area (Å²) < 4.78 is 14.5. The molecule has 0 amide bonds. The second-order valence-corrected chi connectivity index (χ2v) is 5.14. The van der Waals surface area contributed by atoms with Crippen LogP contribution in [0.2, 0.25) is 0 Å². The van der Waals surface area contributed by atoms with Gasteiger partial charge < -0.3 is 5.32 Å². The van der Waals surface area contributed by atoms with E-state index in [4.69, 9.17) is 5.26 Å². The third-order valence-corrected chi connectivity index (χ3v) is 3.06. The van der Waals surface area contributed by atoms with Crippen molar-refractivity contribution in [3.8, 4) is 6.07 Å². The van der Waals surface area contributed by atoms with E-state index < -0.39 is 5.41 Å². The Kier molecular flexibility index (Phi) is 4.06. The highest BCUT2D eigenvalue weighted by atomic mass is 79.9. The number of halogens is 2. The van der Waals surface area contributed by atoms with Crippen LogP contribution in [0.25, 0.3) is 0 Å². The highest BCUT2D eigenvalue weighted by molar-refractivity contribution is 9.10. The van der Waals surface area contributed by atoms with E-state index in [2.05, 4.69) is 27.3 Å². The first-order valence-electron chi connectivity index (χ1n) is 4.96. The van der Waals surface area contributed by atoms with E-state index in [1.54, 1.807) is 33.0 Å². The smallest absolute Gasteiger partial charge is 0.128 e. The van der Waals surface area contributed by atoms with Crippen LogP contribution in [0.5, 0.6) is 0 Å². The predicted octanol–water partition coefficient (Wildman–Crippen LogP) is 3.40. The van der Waals surface area contributed by atoms with Crippen molar-refractivity contribution in [2.24, 2.45) is 5.41 Å². The molecule has 1 aromatic rings. The minimum absolute atomic E-state index is 0.300. The van der Waals surface area contributed by atoms with Gasteiger partial charge in [-0.15, -0.1) is 0 Å². The van der Waals surface area contributed by atoms with E-state index in [9.17, 15) is 4.39 Å². The summed E-state index contributed by atoms with van der Waals surface area (Å²) in [4.78, 5) is 0. The molecule has 0 aliphatic heterocycles. The van der Waals surface area contributed by atoms with Gasteiger partial charge in [-0.1, -0.05) is 15.9 Å². The molecule has 0 saturated carbocycles. The van der Waals surface area contributed by atoms with Crippen LogP contribution < -0.4 is 5.32 Å². The Balaban J connectivity index is 3.25. The highest BCUT2D eigenvalue weighted by Crippen LogP contribution is 2.34. The zero-order valence-electron chi connectivity index (χ0n) is 9.51. The molecule has 0 aliphatic rings. The van der Waals surface area contributed by atoms with Gasteiger partial charge in [0.1, 0.15) is 5.82 Å². The number of rotatable bonds is 3. The van der Waals surface area contributed by atoms with Crippen LogP contribution in [-0.2, 0) is 0 Å². The monoisotopic (exact) mass is 284 g/mol. The lowest BCUT2D eigenvalue weighted by molar-refractivity contribution is 0.334. The van der Waals surface area contributed by atoms with E-state index in [-0.39, 0.29) is 11.9 Å². The molecule has 1 N–H and O–H groups in total. The molecule has 86 valence electrons. The zero-order chi connectivity index (χ0) is 12.3. The molecule has 0 saturated heterocycles. The fourth-order valence-corrected chi connectivity index (χ4v) is 2.08. The molecule has 0 radical (unpaired) electrons. The first-order valence-corrected chi connectivity index (χ1v) is 5.75. The first-order chi connectivity index (χ1) is 7.42. The van der Waals surface area contributed by atoms with Gasteiger partial charge in [-0.05, 0) is 39.1 Å². The van der Waals surface area contributed by atoms with Crippen LogP contribution in [-0.4, -0.2) is 7.05 Å². The molecule has 1 aromatic carbocycles. The van der Waals surface area contributed by atoms with E-state index in [1.165, 1.54) is 6.07 Å². The Labute approximate surface area is 104 Å². The van der Waals surface area contributed by atoms with Gasteiger partial charge in [0.25, 0.3) is 0 Å². The Bertz CT molecular complexity index is 424. The van der Waals surface area contributed by atoms with Gasteiger partial charge in [-0.3, -0.25) is 0 Å². The molecule has 1 rings (SSSR count). The maximum Gasteiger partial charge on any atom is 0.128 e. The molecule has 0 aromatic heterocycles. The van der Waals surface area contributed by atoms with Gasteiger partial charge in [-0.2, -0.15) is 5.26 Å². The predicted molar refractivity (Wildman–Crippen MR) is 65.3 cm³/mol. The Morgan fingerprint density at radius 2 is 2.12 bits per heavy atom. The average Bonchev–Trinajstić information content (AvgIpc) is 2.24. The second-order valence-electron chi connectivity index (χ2n) is 4.22. The van der Waals surface area contributed by atoms with Crippen LogP contribution >= 0.6 is 15.9 Å². The molecular weight excluding hydrogens is 271 g/mol. The highest BCUT2D eigenvalue weighted by Gasteiger charge is 2.31. The van der Waals surface area contributed by atoms with Crippen LogP contribution in [0, 0.1) is 22.6 Å². The molecule has 1 unspecified atom stereocenters. The van der Waals surface area contributed by atoms with Crippen LogP contribution in [0.1, 0.15) is 25.5 Å². The minimum atomic E-state index is -0.670. The number of nitrogens with zero attached hydrogens (tertiary/aromatic N) is 1. The number of nitrogens with one attached hydrogen (secondary N) is 1. The summed E-state index contributed by atoms with van der Waals surface area (Å²) in [6.45, 7) is 3.57. The van der Waals surface area contributed by atoms with Crippen LogP contribution in [0.4, 0.5) is 4.39 Å². The number of nitriles is 1. The Morgan fingerprint density at radius 3 is 2.62 bits per heavy atom. The summed E-state index contributed by atoms with van der Waals surface area (Å²) in [6, 6.07) is 6.60. The Hall–Kier alpha value is -0.920. The van der Waals surface area contributed by atoms with Gasteiger partial charge in [0.05, 0.1) is 17.5 Å². The topological polar surface area (TPSA) is 35.8 Å². The normalized spacial score (nSPS) is 13.2. The van der Waals surface area contributed by atoms with Crippen molar-refractivity contribution in [3.05, 3.63) is 34.1 Å². The molecule has 4 heteroatoms. The van der Waals surface area contributed by atoms with Crippen LogP contribution in [0.3, 0.4) is 0 Å². The van der Waals surface area contributed by atoms with Crippen molar-refractivity contribution in [2.75, 3.05) is 7.05 Å². The lowest BCUT2D eigenvalue weighted by atomic mass is 9.82. The average molecular weight is 285 g/mol. The summed E-state index contributed by atoms with van der Waals surface area (Å²) in [6.07, 6.45) is 0. The summed E-state index contributed by atoms with van der Waals surface area (Å²) in [5.41, 5.74) is -0.167. The number of hydrogen-bond acceptors (Lipinski definition) is 2. The summed E-state index contributed by atoms with van der Waals surface area (Å²) in [5.74, 6) is -0.300. The fourth-order valence-electron chi connectivity index (χ4n) is 1.71. The van der Waals surface area contributed by atoms with Crippen LogP contribution in [0.15, 0.2) is 22.7 Å². The van der Waals surface area contributed by atoms with E-state index in [0.29, 0.717) is 5.56 Å². The van der Waals surface area contributed by atoms with Crippen molar-refractivity contribution in [1.82, 2.24) is 5.32 Å². The summed E-state index contributed by atoms with van der Waals surface area (Å²) >= 11 is 3.31. The Morgan fingerprint density at radius 1 is 1.50 bits per heavy atom. The summed E-state index contributed by atoms with van der Waals surface area (Å²) in [7, 11) is 1.73. The quantitative estimate of drug-likeness (QED) is 0.924. The van der Waals surface area contributed by atoms with E-state index >= 15 is 0 Å². The lowest BCUT2D eigenvalue weighted by Crippen LogP contribution is -2.31. The lowest BCUT2D eigenvalue weighted by Gasteiger charge is -2.28. The van der Waals surface area contributed by atoms with Gasteiger partial charge in [0, 0.05) is 10.0 Å². The number of hydrogen-bond donors (Lipinski definition) is 1. The van der Waals surface area contributed by atoms with Crippen molar-refractivity contribution < 1.29 is 4.39 Å². The van der Waals surface area contributed by atoms with Crippen molar-refractivity contribution in [2.45, 2.75) is 19.9 Å². The largest absolute Gasteiger partial charge is 0.312 e. The van der Waals surface area contributed by atoms with Crippen molar-refractivity contribution >= 4 is 15.9 Å². The van der Waals surface area contributed by atoms with Gasteiger partial charge >= 0.3 is 0 Å². The molecule has 0 heterocycles. The van der Waals surface area contributed by atoms with E-state index in [1.807, 2.05) is 0 Å². The van der Waals surface area contributed by atoms with Crippen molar-refractivity contribution in [3.63, 3.8) is 0 Å². The third kappa shape index (κ3) is 2.60. The maximum atomic E-state index is 13.7.